The van der Waals surface area contributed by atoms with Gasteiger partial charge in [-0.1, -0.05) is 23.7 Å². The van der Waals surface area contributed by atoms with E-state index < -0.39 is 5.97 Å². The molecule has 5 heteroatoms. The quantitative estimate of drug-likeness (QED) is 0.871. The number of para-hydroxylation sites is 1. The highest BCUT2D eigenvalue weighted by atomic mass is 35.5. The molecule has 0 aliphatic carbocycles. The van der Waals surface area contributed by atoms with Crippen LogP contribution in [-0.4, -0.2) is 36.9 Å². The lowest BCUT2D eigenvalue weighted by atomic mass is 10.1. The number of nitrogens with zero attached hydrogens (tertiary/aromatic N) is 1. The molecule has 0 radical (unpaired) electrons. The molecule has 0 aromatic heterocycles. The predicted octanol–water partition coefficient (Wildman–Crippen LogP) is 3.05. The van der Waals surface area contributed by atoms with Crippen LogP contribution in [0.15, 0.2) is 24.3 Å². The number of rotatable bonds is 3. The Labute approximate surface area is 123 Å². The molecule has 1 aliphatic rings. The number of halogens is 1. The van der Waals surface area contributed by atoms with E-state index in [1.165, 1.54) is 0 Å². The van der Waals surface area contributed by atoms with Gasteiger partial charge < -0.3 is 14.7 Å². The first-order chi connectivity index (χ1) is 9.58. The van der Waals surface area contributed by atoms with Crippen LogP contribution in [-0.2, 0) is 9.53 Å². The number of carboxylic acid groups (broad SMARTS) is 1. The summed E-state index contributed by atoms with van der Waals surface area (Å²) in [4.78, 5) is 12.9. The number of hydrogen-bond donors (Lipinski definition) is 1. The first kappa shape index (κ1) is 14.9. The Balaban J connectivity index is 2.35. The maximum Gasteiger partial charge on any atom is 0.328 e. The molecule has 0 bridgehead atoms. The number of hydrogen-bond acceptors (Lipinski definition) is 3. The minimum atomic E-state index is -0.969. The molecule has 108 valence electrons. The Morgan fingerprint density at radius 2 is 2.35 bits per heavy atom. The summed E-state index contributed by atoms with van der Waals surface area (Å²) in [6, 6.07) is 5.52. The lowest BCUT2D eigenvalue weighted by molar-refractivity contribution is -0.131. The summed E-state index contributed by atoms with van der Waals surface area (Å²) in [6.07, 6.45) is 3.77. The van der Waals surface area contributed by atoms with Crippen LogP contribution < -0.4 is 4.90 Å². The van der Waals surface area contributed by atoms with Crippen LogP contribution in [0.2, 0.25) is 5.02 Å². The maximum absolute atomic E-state index is 10.7. The number of benzene rings is 1. The van der Waals surface area contributed by atoms with Crippen LogP contribution in [0.1, 0.15) is 18.9 Å². The number of aliphatic carboxylic acids is 1. The van der Waals surface area contributed by atoms with Crippen LogP contribution in [0, 0.1) is 0 Å². The normalized spacial score (nSPS) is 20.1. The van der Waals surface area contributed by atoms with Crippen LogP contribution in [0.4, 0.5) is 5.69 Å². The zero-order chi connectivity index (χ0) is 14.5. The van der Waals surface area contributed by atoms with Crippen LogP contribution in [0.5, 0.6) is 0 Å². The van der Waals surface area contributed by atoms with Gasteiger partial charge in [0.15, 0.2) is 0 Å². The van der Waals surface area contributed by atoms with Crippen molar-refractivity contribution < 1.29 is 14.6 Å². The molecule has 1 aromatic rings. The fraction of sp³-hybridized carbons (Fsp3) is 0.400. The number of carbonyl (C=O) groups is 1. The lowest BCUT2D eigenvalue weighted by Crippen LogP contribution is -2.30. The van der Waals surface area contributed by atoms with Crippen molar-refractivity contribution in [3.05, 3.63) is 34.9 Å². The molecule has 1 N–H and O–H groups in total. The van der Waals surface area contributed by atoms with Gasteiger partial charge >= 0.3 is 5.97 Å². The van der Waals surface area contributed by atoms with Gasteiger partial charge in [0.05, 0.1) is 16.8 Å². The molecule has 0 saturated carbocycles. The molecule has 4 nitrogen and oxygen atoms in total. The molecule has 1 saturated heterocycles. The van der Waals surface area contributed by atoms with Gasteiger partial charge in [-0.05, 0) is 31.1 Å². The molecule has 20 heavy (non-hydrogen) atoms. The predicted molar refractivity (Wildman–Crippen MR) is 80.4 cm³/mol. The molecule has 0 amide bonds. The molecule has 0 spiro atoms. The molecule has 2 rings (SSSR count). The second-order valence-corrected chi connectivity index (χ2v) is 5.24. The van der Waals surface area contributed by atoms with Crippen molar-refractivity contribution in [3.8, 4) is 0 Å². The van der Waals surface area contributed by atoms with Gasteiger partial charge in [-0.15, -0.1) is 0 Å². The highest BCUT2D eigenvalue weighted by Gasteiger charge is 2.19. The summed E-state index contributed by atoms with van der Waals surface area (Å²) in [6.45, 7) is 4.37. The SMILES string of the molecule is CC1CN(c2c(Cl)cccc2/C=C/C(=O)O)CCCO1. The molecule has 1 atom stereocenters. The van der Waals surface area contributed by atoms with Gasteiger partial charge in [0.25, 0.3) is 0 Å². The monoisotopic (exact) mass is 295 g/mol. The number of carboxylic acids is 1. The summed E-state index contributed by atoms with van der Waals surface area (Å²) >= 11 is 6.32. The van der Waals surface area contributed by atoms with Crippen molar-refractivity contribution >= 4 is 29.3 Å². The van der Waals surface area contributed by atoms with E-state index >= 15 is 0 Å². The molecule has 1 aromatic carbocycles. The van der Waals surface area contributed by atoms with Crippen molar-refractivity contribution in [2.24, 2.45) is 0 Å². The van der Waals surface area contributed by atoms with E-state index in [-0.39, 0.29) is 6.10 Å². The Morgan fingerprint density at radius 1 is 1.55 bits per heavy atom. The van der Waals surface area contributed by atoms with E-state index in [9.17, 15) is 4.79 Å². The molecular weight excluding hydrogens is 278 g/mol. The van der Waals surface area contributed by atoms with Crippen molar-refractivity contribution in [2.45, 2.75) is 19.4 Å². The van der Waals surface area contributed by atoms with Gasteiger partial charge in [-0.3, -0.25) is 0 Å². The van der Waals surface area contributed by atoms with Crippen LogP contribution in [0.25, 0.3) is 6.08 Å². The van der Waals surface area contributed by atoms with Gasteiger partial charge in [-0.2, -0.15) is 0 Å². The highest BCUT2D eigenvalue weighted by molar-refractivity contribution is 6.33. The second-order valence-electron chi connectivity index (χ2n) is 4.83. The van der Waals surface area contributed by atoms with E-state index in [2.05, 4.69) is 4.90 Å². The average molecular weight is 296 g/mol. The smallest absolute Gasteiger partial charge is 0.328 e. The zero-order valence-corrected chi connectivity index (χ0v) is 12.1. The third-order valence-electron chi connectivity index (χ3n) is 3.19. The second kappa shape index (κ2) is 6.77. The van der Waals surface area contributed by atoms with Gasteiger partial charge in [0, 0.05) is 25.8 Å². The van der Waals surface area contributed by atoms with Gasteiger partial charge in [0.2, 0.25) is 0 Å². The van der Waals surface area contributed by atoms with Gasteiger partial charge in [-0.25, -0.2) is 4.79 Å². The Morgan fingerprint density at radius 3 is 3.10 bits per heavy atom. The van der Waals surface area contributed by atoms with Crippen molar-refractivity contribution in [3.63, 3.8) is 0 Å². The number of ether oxygens (including phenoxy) is 1. The molecular formula is C15H18ClNO3. The lowest BCUT2D eigenvalue weighted by Gasteiger charge is -2.27. The van der Waals surface area contributed by atoms with E-state index in [0.29, 0.717) is 5.02 Å². The molecule has 1 heterocycles. The first-order valence-corrected chi connectivity index (χ1v) is 7.02. The van der Waals surface area contributed by atoms with E-state index in [0.717, 1.165) is 43.4 Å². The van der Waals surface area contributed by atoms with E-state index in [1.54, 1.807) is 6.08 Å². The minimum Gasteiger partial charge on any atom is -0.478 e. The Hall–Kier alpha value is -1.52. The topological polar surface area (TPSA) is 49.8 Å². The van der Waals surface area contributed by atoms with Crippen LogP contribution >= 0.6 is 11.6 Å². The molecule has 1 fully saturated rings. The summed E-state index contributed by atoms with van der Waals surface area (Å²) in [7, 11) is 0. The standard InChI is InChI=1S/C15H18ClNO3/c1-11-10-17(8-3-9-20-11)15-12(6-7-14(18)19)4-2-5-13(15)16/h2,4-7,11H,3,8-10H2,1H3,(H,18,19)/b7-6+. The highest BCUT2D eigenvalue weighted by Crippen LogP contribution is 2.32. The maximum atomic E-state index is 10.7. The van der Waals surface area contributed by atoms with Crippen molar-refractivity contribution in [2.75, 3.05) is 24.6 Å². The first-order valence-electron chi connectivity index (χ1n) is 6.64. The summed E-state index contributed by atoms with van der Waals surface area (Å²) in [5.41, 5.74) is 1.69. The summed E-state index contributed by atoms with van der Waals surface area (Å²) < 4.78 is 5.64. The van der Waals surface area contributed by atoms with Crippen molar-refractivity contribution in [1.29, 1.82) is 0 Å². The Kier molecular flexibility index (Phi) is 5.04. The third-order valence-corrected chi connectivity index (χ3v) is 3.50. The fourth-order valence-corrected chi connectivity index (χ4v) is 2.66. The van der Waals surface area contributed by atoms with Gasteiger partial charge in [0.1, 0.15) is 0 Å². The van der Waals surface area contributed by atoms with E-state index in [1.807, 2.05) is 25.1 Å². The molecule has 1 aliphatic heterocycles. The Bertz CT molecular complexity index is 516. The van der Waals surface area contributed by atoms with Crippen LogP contribution in [0.3, 0.4) is 0 Å². The third kappa shape index (κ3) is 3.74. The molecule has 1 unspecified atom stereocenters. The largest absolute Gasteiger partial charge is 0.478 e. The minimum absolute atomic E-state index is 0.130. The van der Waals surface area contributed by atoms with Crippen molar-refractivity contribution in [1.82, 2.24) is 0 Å². The summed E-state index contributed by atoms with van der Waals surface area (Å²) in [5.74, 6) is -0.969. The van der Waals surface area contributed by atoms with E-state index in [4.69, 9.17) is 21.4 Å². The zero-order valence-electron chi connectivity index (χ0n) is 11.4. The summed E-state index contributed by atoms with van der Waals surface area (Å²) in [5, 5.41) is 9.41. The fourth-order valence-electron chi connectivity index (χ4n) is 2.36. The average Bonchev–Trinajstić information content (AvgIpc) is 2.61. The number of anilines is 1.